The molecule has 96 valence electrons. The van der Waals surface area contributed by atoms with Crippen LogP contribution in [-0.4, -0.2) is 35.3 Å². The van der Waals surface area contributed by atoms with Crippen molar-refractivity contribution in [3.8, 4) is 0 Å². The SMILES string of the molecule is CCC1(C)NC(=O)CCN(CC=C(C)C)C1=O. The molecular formula is C13H22N2O2. The molecule has 1 aliphatic heterocycles. The monoisotopic (exact) mass is 238 g/mol. The average Bonchev–Trinajstić information content (AvgIpc) is 2.37. The summed E-state index contributed by atoms with van der Waals surface area (Å²) in [5.41, 5.74) is 0.433. The Morgan fingerprint density at radius 3 is 2.65 bits per heavy atom. The summed E-state index contributed by atoms with van der Waals surface area (Å²) in [6.07, 6.45) is 3.02. The number of carbonyl (C=O) groups is 2. The van der Waals surface area contributed by atoms with E-state index in [1.807, 2.05) is 26.8 Å². The molecule has 1 aliphatic rings. The lowest BCUT2D eigenvalue weighted by Gasteiger charge is -2.30. The van der Waals surface area contributed by atoms with Gasteiger partial charge in [0.25, 0.3) is 0 Å². The van der Waals surface area contributed by atoms with Crippen LogP contribution in [0.2, 0.25) is 0 Å². The number of allylic oxidation sites excluding steroid dienone is 1. The van der Waals surface area contributed by atoms with Crippen LogP contribution >= 0.6 is 0 Å². The second kappa shape index (κ2) is 5.34. The normalized spacial score (nSPS) is 25.3. The van der Waals surface area contributed by atoms with Gasteiger partial charge in [-0.2, -0.15) is 0 Å². The van der Waals surface area contributed by atoms with Crippen LogP contribution in [0.5, 0.6) is 0 Å². The molecule has 0 saturated carbocycles. The minimum Gasteiger partial charge on any atom is -0.342 e. The van der Waals surface area contributed by atoms with Crippen molar-refractivity contribution in [2.24, 2.45) is 0 Å². The summed E-state index contributed by atoms with van der Waals surface area (Å²) in [5, 5.41) is 2.82. The van der Waals surface area contributed by atoms with Gasteiger partial charge in [0.05, 0.1) is 0 Å². The quantitative estimate of drug-likeness (QED) is 0.757. The summed E-state index contributed by atoms with van der Waals surface area (Å²) < 4.78 is 0. The number of amides is 2. The Morgan fingerprint density at radius 2 is 2.12 bits per heavy atom. The van der Waals surface area contributed by atoms with Gasteiger partial charge in [-0.1, -0.05) is 18.6 Å². The predicted molar refractivity (Wildman–Crippen MR) is 67.5 cm³/mol. The van der Waals surface area contributed by atoms with Crippen LogP contribution < -0.4 is 5.32 Å². The van der Waals surface area contributed by atoms with Gasteiger partial charge in [0, 0.05) is 19.5 Å². The van der Waals surface area contributed by atoms with Crippen LogP contribution in [0.1, 0.15) is 40.5 Å². The van der Waals surface area contributed by atoms with E-state index in [4.69, 9.17) is 0 Å². The Balaban J connectivity index is 2.88. The van der Waals surface area contributed by atoms with Gasteiger partial charge in [-0.25, -0.2) is 0 Å². The topological polar surface area (TPSA) is 49.4 Å². The summed E-state index contributed by atoms with van der Waals surface area (Å²) in [6.45, 7) is 8.82. The Bertz CT molecular complexity index is 345. The lowest BCUT2D eigenvalue weighted by atomic mass is 9.97. The van der Waals surface area contributed by atoms with Crippen molar-refractivity contribution < 1.29 is 9.59 Å². The van der Waals surface area contributed by atoms with Crippen molar-refractivity contribution in [3.05, 3.63) is 11.6 Å². The Kier molecular flexibility index (Phi) is 4.32. The molecule has 0 aromatic rings. The highest BCUT2D eigenvalue weighted by molar-refractivity contribution is 5.93. The second-order valence-electron chi connectivity index (χ2n) is 5.02. The van der Waals surface area contributed by atoms with Gasteiger partial charge in [0.2, 0.25) is 11.8 Å². The van der Waals surface area contributed by atoms with Gasteiger partial charge < -0.3 is 10.2 Å². The molecule has 0 radical (unpaired) electrons. The molecule has 1 fully saturated rings. The van der Waals surface area contributed by atoms with E-state index in [0.29, 0.717) is 25.9 Å². The first-order valence-electron chi connectivity index (χ1n) is 6.13. The lowest BCUT2D eigenvalue weighted by Crippen LogP contribution is -2.54. The average molecular weight is 238 g/mol. The van der Waals surface area contributed by atoms with E-state index >= 15 is 0 Å². The van der Waals surface area contributed by atoms with Crippen molar-refractivity contribution in [2.75, 3.05) is 13.1 Å². The zero-order valence-electron chi connectivity index (χ0n) is 11.2. The first-order valence-corrected chi connectivity index (χ1v) is 6.13. The highest BCUT2D eigenvalue weighted by Crippen LogP contribution is 2.17. The van der Waals surface area contributed by atoms with Crippen LogP contribution in [0.25, 0.3) is 0 Å². The van der Waals surface area contributed by atoms with Crippen LogP contribution in [0.4, 0.5) is 0 Å². The largest absolute Gasteiger partial charge is 0.342 e. The van der Waals surface area contributed by atoms with Gasteiger partial charge in [0.1, 0.15) is 5.54 Å². The summed E-state index contributed by atoms with van der Waals surface area (Å²) >= 11 is 0. The van der Waals surface area contributed by atoms with Crippen molar-refractivity contribution in [1.82, 2.24) is 10.2 Å². The van der Waals surface area contributed by atoms with Gasteiger partial charge in [-0.3, -0.25) is 9.59 Å². The van der Waals surface area contributed by atoms with Crippen molar-refractivity contribution in [1.29, 1.82) is 0 Å². The molecule has 4 nitrogen and oxygen atoms in total. The molecule has 1 unspecified atom stereocenters. The lowest BCUT2D eigenvalue weighted by molar-refractivity contribution is -0.137. The highest BCUT2D eigenvalue weighted by Gasteiger charge is 2.38. The fourth-order valence-corrected chi connectivity index (χ4v) is 1.82. The van der Waals surface area contributed by atoms with Gasteiger partial charge in [0.15, 0.2) is 0 Å². The minimum atomic E-state index is -0.747. The number of carbonyl (C=O) groups excluding carboxylic acids is 2. The summed E-state index contributed by atoms with van der Waals surface area (Å²) in [5.74, 6) is -0.0225. The van der Waals surface area contributed by atoms with E-state index in [1.54, 1.807) is 11.8 Å². The summed E-state index contributed by atoms with van der Waals surface area (Å²) in [4.78, 5) is 25.7. The zero-order valence-corrected chi connectivity index (χ0v) is 11.2. The summed E-state index contributed by atoms with van der Waals surface area (Å²) in [6, 6.07) is 0. The van der Waals surface area contributed by atoms with E-state index in [0.717, 1.165) is 0 Å². The molecule has 0 aromatic heterocycles. The van der Waals surface area contributed by atoms with Crippen molar-refractivity contribution >= 4 is 11.8 Å². The van der Waals surface area contributed by atoms with Crippen LogP contribution in [0.3, 0.4) is 0 Å². The molecule has 1 heterocycles. The third-order valence-electron chi connectivity index (χ3n) is 3.21. The summed E-state index contributed by atoms with van der Waals surface area (Å²) in [7, 11) is 0. The van der Waals surface area contributed by atoms with E-state index < -0.39 is 5.54 Å². The number of hydrogen-bond acceptors (Lipinski definition) is 2. The molecule has 1 atom stereocenters. The van der Waals surface area contributed by atoms with Gasteiger partial charge in [-0.15, -0.1) is 0 Å². The molecule has 0 spiro atoms. The predicted octanol–water partition coefficient (Wildman–Crippen LogP) is 1.47. The Morgan fingerprint density at radius 1 is 1.47 bits per heavy atom. The molecule has 0 bridgehead atoms. The second-order valence-corrected chi connectivity index (χ2v) is 5.02. The van der Waals surface area contributed by atoms with Crippen LogP contribution in [0.15, 0.2) is 11.6 Å². The standard InChI is InChI=1S/C13H22N2O2/c1-5-13(4)12(17)15(8-6-10(2)3)9-7-11(16)14-13/h6H,5,7-9H2,1-4H3,(H,14,16). The van der Waals surface area contributed by atoms with Crippen LogP contribution in [0, 0.1) is 0 Å². The Hall–Kier alpha value is -1.32. The minimum absolute atomic E-state index is 0.0170. The number of hydrogen-bond donors (Lipinski definition) is 1. The third-order valence-corrected chi connectivity index (χ3v) is 3.21. The molecule has 17 heavy (non-hydrogen) atoms. The molecule has 1 rings (SSSR count). The highest BCUT2D eigenvalue weighted by atomic mass is 16.2. The Labute approximate surface area is 103 Å². The van der Waals surface area contributed by atoms with E-state index in [9.17, 15) is 9.59 Å². The maximum absolute atomic E-state index is 12.3. The fourth-order valence-electron chi connectivity index (χ4n) is 1.82. The van der Waals surface area contributed by atoms with Gasteiger partial charge in [-0.05, 0) is 27.2 Å². The number of nitrogens with one attached hydrogen (secondary N) is 1. The first kappa shape index (κ1) is 13.7. The van der Waals surface area contributed by atoms with Crippen molar-refractivity contribution in [2.45, 2.75) is 46.1 Å². The van der Waals surface area contributed by atoms with E-state index in [2.05, 4.69) is 5.32 Å². The van der Waals surface area contributed by atoms with Gasteiger partial charge >= 0.3 is 0 Å². The molecule has 0 aromatic carbocycles. The molecular weight excluding hydrogens is 216 g/mol. The maximum atomic E-state index is 12.3. The number of rotatable bonds is 3. The van der Waals surface area contributed by atoms with Crippen molar-refractivity contribution in [3.63, 3.8) is 0 Å². The molecule has 4 heteroatoms. The maximum Gasteiger partial charge on any atom is 0.248 e. The molecule has 2 amide bonds. The molecule has 1 N–H and O–H groups in total. The zero-order chi connectivity index (χ0) is 13.1. The molecule has 1 saturated heterocycles. The van der Waals surface area contributed by atoms with E-state index in [-0.39, 0.29) is 11.8 Å². The number of nitrogens with zero attached hydrogens (tertiary/aromatic N) is 1. The molecule has 0 aliphatic carbocycles. The first-order chi connectivity index (χ1) is 7.89. The fraction of sp³-hybridized carbons (Fsp3) is 0.692. The van der Waals surface area contributed by atoms with E-state index in [1.165, 1.54) is 5.57 Å². The van der Waals surface area contributed by atoms with Crippen LogP contribution in [-0.2, 0) is 9.59 Å². The third kappa shape index (κ3) is 3.32. The smallest absolute Gasteiger partial charge is 0.248 e.